The number of carbonyl (C=O) groups excluding carboxylic acids is 2. The molecule has 0 saturated heterocycles. The summed E-state index contributed by atoms with van der Waals surface area (Å²) in [5.74, 6) is -0.640. The Kier molecular flexibility index (Phi) is 6.80. The molecule has 1 amide bonds. The van der Waals surface area contributed by atoms with Gasteiger partial charge in [0.15, 0.2) is 6.10 Å². The summed E-state index contributed by atoms with van der Waals surface area (Å²) in [6.07, 6.45) is 0.449. The van der Waals surface area contributed by atoms with Crippen LogP contribution in [0.4, 0.5) is 5.69 Å². The molecular formula is C18H19ClN2O5. The number of nitrogens with one attached hydrogen (secondary N) is 1. The normalized spacial score (nSPS) is 11.4. The molecule has 1 aromatic heterocycles. The number of carbonyl (C=O) groups is 2. The lowest BCUT2D eigenvalue weighted by molar-refractivity contribution is -0.123. The number of rotatable bonds is 7. The molecule has 7 nitrogen and oxygen atoms in total. The van der Waals surface area contributed by atoms with Crippen LogP contribution in [0.3, 0.4) is 0 Å². The van der Waals surface area contributed by atoms with Crippen molar-refractivity contribution >= 4 is 29.2 Å². The standard InChI is InChI=1S/C18H19ClN2O5/c1-4-25-17-13(6-5-9-20-17)18(23)26-11(2)16(22)21-14-10-12(19)7-8-15(14)24-3/h5-11H,4H2,1-3H3,(H,21,22)/t11-/m0/s1. The number of amides is 1. The number of pyridine rings is 1. The van der Waals surface area contributed by atoms with Crippen LogP contribution < -0.4 is 14.8 Å². The van der Waals surface area contributed by atoms with Crippen LogP contribution in [-0.4, -0.2) is 36.7 Å². The van der Waals surface area contributed by atoms with Crippen molar-refractivity contribution in [1.29, 1.82) is 0 Å². The molecule has 2 rings (SSSR count). The van der Waals surface area contributed by atoms with Crippen LogP contribution in [0.15, 0.2) is 36.5 Å². The second-order valence-electron chi connectivity index (χ2n) is 5.17. The lowest BCUT2D eigenvalue weighted by atomic mass is 10.2. The first-order valence-electron chi connectivity index (χ1n) is 7.89. The Morgan fingerprint density at radius 1 is 1.31 bits per heavy atom. The van der Waals surface area contributed by atoms with Crippen molar-refractivity contribution in [2.24, 2.45) is 0 Å². The number of aromatic nitrogens is 1. The zero-order valence-corrected chi connectivity index (χ0v) is 15.4. The molecule has 8 heteroatoms. The van der Waals surface area contributed by atoms with Crippen LogP contribution in [0.25, 0.3) is 0 Å². The van der Waals surface area contributed by atoms with Gasteiger partial charge in [-0.05, 0) is 44.2 Å². The second-order valence-corrected chi connectivity index (χ2v) is 5.61. The smallest absolute Gasteiger partial charge is 0.344 e. The van der Waals surface area contributed by atoms with Gasteiger partial charge in [-0.15, -0.1) is 0 Å². The molecule has 0 aliphatic carbocycles. The highest BCUT2D eigenvalue weighted by Crippen LogP contribution is 2.28. The Morgan fingerprint density at radius 2 is 2.08 bits per heavy atom. The Morgan fingerprint density at radius 3 is 2.77 bits per heavy atom. The number of benzene rings is 1. The maximum atomic E-state index is 12.3. The Balaban J connectivity index is 2.08. The van der Waals surface area contributed by atoms with Gasteiger partial charge in [0.1, 0.15) is 11.3 Å². The summed E-state index contributed by atoms with van der Waals surface area (Å²) < 4.78 is 15.7. The van der Waals surface area contributed by atoms with Gasteiger partial charge in [0.05, 0.1) is 19.4 Å². The van der Waals surface area contributed by atoms with Crippen molar-refractivity contribution in [2.45, 2.75) is 20.0 Å². The highest BCUT2D eigenvalue weighted by atomic mass is 35.5. The first-order valence-corrected chi connectivity index (χ1v) is 8.27. The van der Waals surface area contributed by atoms with Gasteiger partial charge in [-0.1, -0.05) is 11.6 Å². The van der Waals surface area contributed by atoms with E-state index in [1.165, 1.54) is 26.3 Å². The number of nitrogens with zero attached hydrogens (tertiary/aromatic N) is 1. The Hall–Kier alpha value is -2.80. The van der Waals surface area contributed by atoms with Crippen LogP contribution >= 0.6 is 11.6 Å². The van der Waals surface area contributed by atoms with E-state index in [0.717, 1.165) is 0 Å². The van der Waals surface area contributed by atoms with E-state index in [1.807, 2.05) is 0 Å². The number of hydrogen-bond acceptors (Lipinski definition) is 6. The van der Waals surface area contributed by atoms with E-state index in [4.69, 9.17) is 25.8 Å². The first-order chi connectivity index (χ1) is 12.5. The van der Waals surface area contributed by atoms with Crippen molar-refractivity contribution in [3.8, 4) is 11.6 Å². The van der Waals surface area contributed by atoms with E-state index in [0.29, 0.717) is 23.1 Å². The van der Waals surface area contributed by atoms with Crippen molar-refractivity contribution < 1.29 is 23.8 Å². The molecule has 0 spiro atoms. The molecule has 0 fully saturated rings. The van der Waals surface area contributed by atoms with Crippen LogP contribution in [-0.2, 0) is 9.53 Å². The quantitative estimate of drug-likeness (QED) is 0.744. The van der Waals surface area contributed by atoms with Gasteiger partial charge in [-0.2, -0.15) is 0 Å². The number of methoxy groups -OCH3 is 1. The van der Waals surface area contributed by atoms with Gasteiger partial charge in [0.2, 0.25) is 5.88 Å². The van der Waals surface area contributed by atoms with Crippen LogP contribution in [0.5, 0.6) is 11.6 Å². The summed E-state index contributed by atoms with van der Waals surface area (Å²) in [6.45, 7) is 3.58. The predicted octanol–water partition coefficient (Wildman–Crippen LogP) is 3.33. The second kappa shape index (κ2) is 9.05. The number of ether oxygens (including phenoxy) is 3. The highest BCUT2D eigenvalue weighted by Gasteiger charge is 2.22. The maximum Gasteiger partial charge on any atom is 0.344 e. The van der Waals surface area contributed by atoms with E-state index < -0.39 is 18.0 Å². The van der Waals surface area contributed by atoms with Crippen molar-refractivity contribution in [3.05, 3.63) is 47.1 Å². The highest BCUT2D eigenvalue weighted by molar-refractivity contribution is 6.31. The minimum absolute atomic E-state index is 0.148. The average molecular weight is 379 g/mol. The van der Waals surface area contributed by atoms with E-state index >= 15 is 0 Å². The van der Waals surface area contributed by atoms with E-state index in [1.54, 1.807) is 31.2 Å². The first kappa shape index (κ1) is 19.5. The number of halogens is 1. The molecule has 0 unspecified atom stereocenters. The summed E-state index contributed by atoms with van der Waals surface area (Å²) in [7, 11) is 1.47. The Bertz CT molecular complexity index is 797. The van der Waals surface area contributed by atoms with Gasteiger partial charge in [-0.25, -0.2) is 9.78 Å². The third kappa shape index (κ3) is 4.86. The van der Waals surface area contributed by atoms with Crippen molar-refractivity contribution in [3.63, 3.8) is 0 Å². The monoisotopic (exact) mass is 378 g/mol. The zero-order valence-electron chi connectivity index (χ0n) is 14.6. The molecule has 1 aromatic carbocycles. The molecule has 0 aliphatic rings. The van der Waals surface area contributed by atoms with Gasteiger partial charge in [-0.3, -0.25) is 4.79 Å². The number of anilines is 1. The molecule has 1 heterocycles. The summed E-state index contributed by atoms with van der Waals surface area (Å²) in [6, 6.07) is 7.91. The minimum Gasteiger partial charge on any atom is -0.495 e. The molecule has 2 aromatic rings. The number of esters is 1. The third-order valence-corrected chi connectivity index (χ3v) is 3.58. The fourth-order valence-electron chi connectivity index (χ4n) is 2.09. The summed E-state index contributed by atoms with van der Waals surface area (Å²) in [5, 5.41) is 3.06. The van der Waals surface area contributed by atoms with E-state index in [-0.39, 0.29) is 11.4 Å². The molecule has 0 saturated carbocycles. The van der Waals surface area contributed by atoms with Gasteiger partial charge >= 0.3 is 5.97 Å². The molecule has 1 N–H and O–H groups in total. The number of hydrogen-bond donors (Lipinski definition) is 1. The molecule has 138 valence electrons. The maximum absolute atomic E-state index is 12.3. The largest absolute Gasteiger partial charge is 0.495 e. The third-order valence-electron chi connectivity index (χ3n) is 3.34. The average Bonchev–Trinajstić information content (AvgIpc) is 2.62. The summed E-state index contributed by atoms with van der Waals surface area (Å²) in [4.78, 5) is 28.6. The Labute approximate surface area is 156 Å². The fourth-order valence-corrected chi connectivity index (χ4v) is 2.26. The van der Waals surface area contributed by atoms with Gasteiger partial charge in [0.25, 0.3) is 5.91 Å². The van der Waals surface area contributed by atoms with E-state index in [2.05, 4.69) is 10.3 Å². The SMILES string of the molecule is CCOc1ncccc1C(=O)O[C@@H](C)C(=O)Nc1cc(Cl)ccc1OC. The van der Waals surface area contributed by atoms with Crippen molar-refractivity contribution in [1.82, 2.24) is 4.98 Å². The molecule has 0 bridgehead atoms. The zero-order chi connectivity index (χ0) is 19.1. The molecule has 1 atom stereocenters. The minimum atomic E-state index is -1.05. The van der Waals surface area contributed by atoms with E-state index in [9.17, 15) is 9.59 Å². The molecular weight excluding hydrogens is 360 g/mol. The molecule has 26 heavy (non-hydrogen) atoms. The van der Waals surface area contributed by atoms with Gasteiger partial charge in [0, 0.05) is 11.2 Å². The molecule has 0 aliphatic heterocycles. The lowest BCUT2D eigenvalue weighted by Crippen LogP contribution is -2.30. The molecule has 0 radical (unpaired) electrons. The fraction of sp³-hybridized carbons (Fsp3) is 0.278. The van der Waals surface area contributed by atoms with Crippen molar-refractivity contribution in [2.75, 3.05) is 19.0 Å². The topological polar surface area (TPSA) is 86.8 Å². The lowest BCUT2D eigenvalue weighted by Gasteiger charge is -2.16. The van der Waals surface area contributed by atoms with Crippen LogP contribution in [0, 0.1) is 0 Å². The predicted molar refractivity (Wildman–Crippen MR) is 96.9 cm³/mol. The van der Waals surface area contributed by atoms with Crippen LogP contribution in [0.2, 0.25) is 5.02 Å². The van der Waals surface area contributed by atoms with Crippen LogP contribution in [0.1, 0.15) is 24.2 Å². The summed E-state index contributed by atoms with van der Waals surface area (Å²) >= 11 is 5.94. The van der Waals surface area contributed by atoms with Gasteiger partial charge < -0.3 is 19.5 Å². The summed E-state index contributed by atoms with van der Waals surface area (Å²) in [5.41, 5.74) is 0.526.